The van der Waals surface area contributed by atoms with E-state index in [4.69, 9.17) is 0 Å². The Hall–Kier alpha value is -0.870. The zero-order chi connectivity index (χ0) is 11.5. The van der Waals surface area contributed by atoms with Crippen molar-refractivity contribution in [3.63, 3.8) is 0 Å². The number of nitrogens with one attached hydrogen (secondary N) is 2. The summed E-state index contributed by atoms with van der Waals surface area (Å²) in [6, 6.07) is 0.654. The zero-order valence-electron chi connectivity index (χ0n) is 10.5. The molecule has 0 spiro atoms. The average molecular weight is 222 g/mol. The average Bonchev–Trinajstić information content (AvgIpc) is 2.61. The van der Waals surface area contributed by atoms with E-state index >= 15 is 0 Å². The number of hydrogen-bond acceptors (Lipinski definition) is 3. The lowest BCUT2D eigenvalue weighted by molar-refractivity contribution is 0.187. The first-order chi connectivity index (χ1) is 7.70. The molecular weight excluding hydrogens is 200 g/mol. The predicted molar refractivity (Wildman–Crippen MR) is 65.4 cm³/mol. The molecule has 0 aliphatic carbocycles. The van der Waals surface area contributed by atoms with Crippen molar-refractivity contribution in [3.05, 3.63) is 17.0 Å². The smallest absolute Gasteiger partial charge is 0.0639 e. The second-order valence-electron chi connectivity index (χ2n) is 4.78. The van der Waals surface area contributed by atoms with Gasteiger partial charge in [-0.15, -0.1) is 0 Å². The van der Waals surface area contributed by atoms with Crippen LogP contribution in [-0.4, -0.2) is 41.3 Å². The Morgan fingerprint density at radius 2 is 2.31 bits per heavy atom. The number of aromatic nitrogens is 2. The summed E-state index contributed by atoms with van der Waals surface area (Å²) in [5, 5.41) is 10.7. The van der Waals surface area contributed by atoms with Gasteiger partial charge in [-0.25, -0.2) is 0 Å². The van der Waals surface area contributed by atoms with Crippen molar-refractivity contribution in [2.45, 2.75) is 39.3 Å². The maximum Gasteiger partial charge on any atom is 0.0639 e. The topological polar surface area (TPSA) is 44.0 Å². The van der Waals surface area contributed by atoms with Crippen LogP contribution >= 0.6 is 0 Å². The van der Waals surface area contributed by atoms with Gasteiger partial charge in [-0.2, -0.15) is 5.10 Å². The zero-order valence-corrected chi connectivity index (χ0v) is 10.5. The van der Waals surface area contributed by atoms with Gasteiger partial charge in [-0.05, 0) is 40.3 Å². The van der Waals surface area contributed by atoms with Gasteiger partial charge in [0.2, 0.25) is 0 Å². The number of likely N-dealkylation sites (N-methyl/N-ethyl adjacent to an activating group) is 1. The van der Waals surface area contributed by atoms with Crippen molar-refractivity contribution in [2.75, 3.05) is 20.1 Å². The molecule has 1 aromatic heterocycles. The Balaban J connectivity index is 1.99. The molecule has 1 saturated heterocycles. The molecule has 0 saturated carbocycles. The third-order valence-corrected chi connectivity index (χ3v) is 3.58. The van der Waals surface area contributed by atoms with E-state index in [1.165, 1.54) is 30.6 Å². The third kappa shape index (κ3) is 2.44. The van der Waals surface area contributed by atoms with E-state index in [1.54, 1.807) is 0 Å². The van der Waals surface area contributed by atoms with Crippen molar-refractivity contribution >= 4 is 0 Å². The molecule has 1 atom stereocenters. The molecule has 1 aliphatic rings. The summed E-state index contributed by atoms with van der Waals surface area (Å²) in [4.78, 5) is 2.52. The fourth-order valence-electron chi connectivity index (χ4n) is 2.47. The molecule has 0 aromatic carbocycles. The van der Waals surface area contributed by atoms with E-state index in [1.807, 2.05) is 0 Å². The van der Waals surface area contributed by atoms with Crippen molar-refractivity contribution in [2.24, 2.45) is 0 Å². The van der Waals surface area contributed by atoms with E-state index in [2.05, 4.69) is 41.3 Å². The highest BCUT2D eigenvalue weighted by Crippen LogP contribution is 2.16. The molecule has 1 unspecified atom stereocenters. The molecule has 16 heavy (non-hydrogen) atoms. The molecule has 2 heterocycles. The Labute approximate surface area is 97.4 Å². The molecule has 0 bridgehead atoms. The normalized spacial score (nSPS) is 22.6. The molecule has 90 valence electrons. The van der Waals surface area contributed by atoms with Gasteiger partial charge in [0.05, 0.1) is 5.69 Å². The van der Waals surface area contributed by atoms with E-state index in [9.17, 15) is 0 Å². The van der Waals surface area contributed by atoms with Crippen molar-refractivity contribution in [1.29, 1.82) is 0 Å². The second-order valence-corrected chi connectivity index (χ2v) is 4.78. The minimum absolute atomic E-state index is 0.654. The van der Waals surface area contributed by atoms with E-state index in [0.717, 1.165) is 18.8 Å². The van der Waals surface area contributed by atoms with Gasteiger partial charge in [-0.1, -0.05) is 0 Å². The molecule has 1 aromatic rings. The van der Waals surface area contributed by atoms with Crippen LogP contribution < -0.4 is 5.32 Å². The summed E-state index contributed by atoms with van der Waals surface area (Å²) in [5.41, 5.74) is 3.73. The van der Waals surface area contributed by atoms with Gasteiger partial charge in [0.15, 0.2) is 0 Å². The summed E-state index contributed by atoms with van der Waals surface area (Å²) < 4.78 is 0. The monoisotopic (exact) mass is 222 g/mol. The number of likely N-dealkylation sites (tertiary alicyclic amines) is 1. The molecule has 0 radical (unpaired) electrons. The summed E-state index contributed by atoms with van der Waals surface area (Å²) in [5.74, 6) is 0. The molecule has 1 fully saturated rings. The first-order valence-electron chi connectivity index (χ1n) is 6.10. The number of H-pyrrole nitrogens is 1. The summed E-state index contributed by atoms with van der Waals surface area (Å²) in [6.45, 7) is 7.59. The quantitative estimate of drug-likeness (QED) is 0.808. The van der Waals surface area contributed by atoms with Crippen molar-refractivity contribution < 1.29 is 0 Å². The van der Waals surface area contributed by atoms with Crippen LogP contribution in [0.15, 0.2) is 0 Å². The van der Waals surface area contributed by atoms with Gasteiger partial charge in [0.1, 0.15) is 0 Å². The fourth-order valence-corrected chi connectivity index (χ4v) is 2.47. The maximum atomic E-state index is 4.25. The summed E-state index contributed by atoms with van der Waals surface area (Å²) in [6.07, 6.45) is 2.60. The number of nitrogens with zero attached hydrogens (tertiary/aromatic N) is 2. The molecule has 0 amide bonds. The highest BCUT2D eigenvalue weighted by Gasteiger charge is 2.20. The Kier molecular flexibility index (Phi) is 3.61. The number of piperidine rings is 1. The molecule has 4 nitrogen and oxygen atoms in total. The van der Waals surface area contributed by atoms with Gasteiger partial charge in [0, 0.05) is 30.4 Å². The SMILES string of the molecule is CNC1CCCN(Cc2c(C)n[nH]c2C)C1. The van der Waals surface area contributed by atoms with Crippen LogP contribution in [0.4, 0.5) is 0 Å². The molecule has 2 N–H and O–H groups in total. The fraction of sp³-hybridized carbons (Fsp3) is 0.750. The first-order valence-corrected chi connectivity index (χ1v) is 6.10. The maximum absolute atomic E-state index is 4.25. The number of rotatable bonds is 3. The van der Waals surface area contributed by atoms with Gasteiger partial charge in [0.25, 0.3) is 0 Å². The minimum Gasteiger partial charge on any atom is -0.316 e. The third-order valence-electron chi connectivity index (χ3n) is 3.58. The predicted octanol–water partition coefficient (Wildman–Crippen LogP) is 1.21. The van der Waals surface area contributed by atoms with E-state index in [-0.39, 0.29) is 0 Å². The lowest BCUT2D eigenvalue weighted by Crippen LogP contribution is -2.44. The summed E-state index contributed by atoms with van der Waals surface area (Å²) >= 11 is 0. The number of aromatic amines is 1. The Bertz CT molecular complexity index is 325. The Morgan fingerprint density at radius 1 is 1.50 bits per heavy atom. The van der Waals surface area contributed by atoms with Crippen LogP contribution in [0.5, 0.6) is 0 Å². The van der Waals surface area contributed by atoms with Gasteiger partial charge in [-0.3, -0.25) is 10.00 Å². The highest BCUT2D eigenvalue weighted by atomic mass is 15.2. The minimum atomic E-state index is 0.654. The largest absolute Gasteiger partial charge is 0.316 e. The molecular formula is C12H22N4. The van der Waals surface area contributed by atoms with Crippen LogP contribution in [0, 0.1) is 13.8 Å². The highest BCUT2D eigenvalue weighted by molar-refractivity contribution is 5.22. The lowest BCUT2D eigenvalue weighted by atomic mass is 10.0. The first kappa shape index (κ1) is 11.6. The van der Waals surface area contributed by atoms with Gasteiger partial charge < -0.3 is 5.32 Å². The summed E-state index contributed by atoms with van der Waals surface area (Å²) in [7, 11) is 2.06. The standard InChI is InChI=1S/C12H22N4/c1-9-12(10(2)15-14-9)8-16-6-4-5-11(7-16)13-3/h11,13H,4-8H2,1-3H3,(H,14,15). The lowest BCUT2D eigenvalue weighted by Gasteiger charge is -2.32. The van der Waals surface area contributed by atoms with Gasteiger partial charge >= 0.3 is 0 Å². The number of hydrogen-bond donors (Lipinski definition) is 2. The van der Waals surface area contributed by atoms with E-state index < -0.39 is 0 Å². The second kappa shape index (κ2) is 4.97. The molecule has 1 aliphatic heterocycles. The van der Waals surface area contributed by atoms with E-state index in [0.29, 0.717) is 6.04 Å². The number of aryl methyl sites for hydroxylation is 2. The van der Waals surface area contributed by atoms with Crippen LogP contribution in [0.2, 0.25) is 0 Å². The van der Waals surface area contributed by atoms with Crippen LogP contribution in [0.1, 0.15) is 29.8 Å². The van der Waals surface area contributed by atoms with Crippen LogP contribution in [-0.2, 0) is 6.54 Å². The van der Waals surface area contributed by atoms with Crippen molar-refractivity contribution in [3.8, 4) is 0 Å². The Morgan fingerprint density at radius 3 is 2.94 bits per heavy atom. The van der Waals surface area contributed by atoms with Crippen molar-refractivity contribution in [1.82, 2.24) is 20.4 Å². The molecule has 4 heteroatoms. The molecule has 2 rings (SSSR count). The van der Waals surface area contributed by atoms with Crippen LogP contribution in [0.25, 0.3) is 0 Å². The van der Waals surface area contributed by atoms with Crippen LogP contribution in [0.3, 0.4) is 0 Å².